The molecule has 1 heterocycles. The van der Waals surface area contributed by atoms with E-state index in [1.807, 2.05) is 6.07 Å². The summed E-state index contributed by atoms with van der Waals surface area (Å²) in [5, 5.41) is 0. The van der Waals surface area contributed by atoms with Crippen molar-refractivity contribution in [2.75, 3.05) is 0 Å². The zero-order valence-electron chi connectivity index (χ0n) is 4.06. The van der Waals surface area contributed by atoms with Crippen molar-refractivity contribution in [3.63, 3.8) is 0 Å². The first-order chi connectivity index (χ1) is 3.39. The minimum atomic E-state index is 0. The van der Waals surface area contributed by atoms with E-state index in [1.165, 1.54) is 0 Å². The van der Waals surface area contributed by atoms with Crippen molar-refractivity contribution in [2.45, 2.75) is 0 Å². The van der Waals surface area contributed by atoms with E-state index in [-0.39, 0.29) is 5.48 Å². The first-order valence-corrected chi connectivity index (χ1v) is 2.66. The topological polar surface area (TPSA) is 44.4 Å². The van der Waals surface area contributed by atoms with Gasteiger partial charge in [-0.05, 0) is 12.1 Å². The van der Waals surface area contributed by atoms with Crippen molar-refractivity contribution >= 4 is 15.9 Å². The van der Waals surface area contributed by atoms with E-state index in [0.29, 0.717) is 0 Å². The van der Waals surface area contributed by atoms with E-state index in [2.05, 4.69) is 27.1 Å². The van der Waals surface area contributed by atoms with E-state index in [4.69, 9.17) is 0 Å². The Morgan fingerprint density at radius 2 is 2.38 bits per heavy atom. The van der Waals surface area contributed by atoms with Gasteiger partial charge in [0, 0.05) is 10.7 Å². The highest BCUT2D eigenvalue weighted by molar-refractivity contribution is 9.10. The molecule has 0 aliphatic carbocycles. The lowest BCUT2D eigenvalue weighted by atomic mass is 10.5. The van der Waals surface area contributed by atoms with Gasteiger partial charge >= 0.3 is 0 Å². The molecule has 2 N–H and O–H groups in total. The summed E-state index contributed by atoms with van der Waals surface area (Å²) in [6, 6.07) is 3.62. The maximum Gasteiger partial charge on any atom is 0.0897 e. The van der Waals surface area contributed by atoms with E-state index in [1.54, 1.807) is 12.3 Å². The van der Waals surface area contributed by atoms with Gasteiger partial charge in [-0.3, -0.25) is 4.98 Å². The summed E-state index contributed by atoms with van der Waals surface area (Å²) in [7, 11) is 0. The number of nitrogens with zero attached hydrogens (tertiary/aromatic N) is 1. The lowest BCUT2D eigenvalue weighted by Crippen LogP contribution is -1.65. The molecular weight excluding hydrogens is 170 g/mol. The average Bonchev–Trinajstić information content (AvgIpc) is 1.69. The van der Waals surface area contributed by atoms with Crippen LogP contribution in [0.5, 0.6) is 0 Å². The molecule has 1 aromatic heterocycles. The summed E-state index contributed by atoms with van der Waals surface area (Å²) in [4.78, 5) is 3.69. The summed E-state index contributed by atoms with van der Waals surface area (Å²) in [6.45, 7) is 0. The van der Waals surface area contributed by atoms with Crippen LogP contribution < -0.4 is 0 Å². The number of aromatic nitrogens is 1. The molecule has 0 saturated carbocycles. The van der Waals surface area contributed by atoms with E-state index < -0.39 is 0 Å². The fraction of sp³-hybridized carbons (Fsp3) is 0. The van der Waals surface area contributed by atoms with Gasteiger partial charge in [0.05, 0.1) is 6.20 Å². The number of hydrogen-bond acceptors (Lipinski definition) is 1. The molecule has 1 radical (unpaired) electrons. The normalized spacial score (nSPS) is 7.62. The van der Waals surface area contributed by atoms with Crippen LogP contribution in [0.15, 0.2) is 22.8 Å². The average molecular weight is 175 g/mol. The molecule has 0 spiro atoms. The van der Waals surface area contributed by atoms with Crippen LogP contribution >= 0.6 is 15.9 Å². The van der Waals surface area contributed by atoms with Gasteiger partial charge in [0.25, 0.3) is 0 Å². The Kier molecular flexibility index (Phi) is 3.39. The van der Waals surface area contributed by atoms with Gasteiger partial charge in [0.1, 0.15) is 0 Å². The Balaban J connectivity index is 0.000000490. The summed E-state index contributed by atoms with van der Waals surface area (Å²) in [5.74, 6) is 0. The molecule has 43 valence electrons. The molecule has 3 heteroatoms. The molecule has 0 aliphatic heterocycles. The summed E-state index contributed by atoms with van der Waals surface area (Å²) >= 11 is 3.24. The van der Waals surface area contributed by atoms with Gasteiger partial charge in [-0.1, -0.05) is 15.9 Å². The second-order valence-corrected chi connectivity index (χ2v) is 2.02. The second kappa shape index (κ2) is 3.57. The van der Waals surface area contributed by atoms with Crippen molar-refractivity contribution < 1.29 is 5.48 Å². The maximum atomic E-state index is 3.69. The smallest absolute Gasteiger partial charge is 0.0897 e. The molecular formula is C5H5BrNO. The Bertz CT molecular complexity index is 142. The minimum Gasteiger partial charge on any atom is -0.412 e. The third-order valence-corrected chi connectivity index (χ3v) is 1.08. The van der Waals surface area contributed by atoms with Crippen LogP contribution in [0.25, 0.3) is 0 Å². The number of pyridine rings is 1. The minimum absolute atomic E-state index is 0. The first kappa shape index (κ1) is 7.59. The summed E-state index contributed by atoms with van der Waals surface area (Å²) < 4.78 is 1.02. The first-order valence-electron chi connectivity index (χ1n) is 1.87. The summed E-state index contributed by atoms with van der Waals surface area (Å²) in [6.07, 6.45) is 4.35. The third kappa shape index (κ3) is 2.04. The van der Waals surface area contributed by atoms with Crippen LogP contribution in [0.4, 0.5) is 0 Å². The molecule has 0 fully saturated rings. The SMILES string of the molecule is Brc1c[c]ncc1.O. The second-order valence-electron chi connectivity index (χ2n) is 1.10. The van der Waals surface area contributed by atoms with Gasteiger partial charge in [-0.25, -0.2) is 0 Å². The standard InChI is InChI=1S/C5H3BrN.H2O/c6-5-1-3-7-4-2-5;/h1-3H;1H2. The molecule has 0 saturated heterocycles. The molecule has 2 nitrogen and oxygen atoms in total. The molecule has 0 aromatic carbocycles. The summed E-state index contributed by atoms with van der Waals surface area (Å²) in [5.41, 5.74) is 0. The Morgan fingerprint density at radius 3 is 2.62 bits per heavy atom. The highest BCUT2D eigenvalue weighted by Gasteiger charge is 1.76. The van der Waals surface area contributed by atoms with Crippen LogP contribution in [0.2, 0.25) is 0 Å². The van der Waals surface area contributed by atoms with E-state index >= 15 is 0 Å². The molecule has 0 aliphatic rings. The Morgan fingerprint density at radius 1 is 1.62 bits per heavy atom. The van der Waals surface area contributed by atoms with Gasteiger partial charge in [0.2, 0.25) is 0 Å². The highest BCUT2D eigenvalue weighted by Crippen LogP contribution is 2.03. The van der Waals surface area contributed by atoms with Gasteiger partial charge in [-0.15, -0.1) is 0 Å². The van der Waals surface area contributed by atoms with Gasteiger partial charge < -0.3 is 5.48 Å². The Hall–Kier alpha value is -0.410. The fourth-order valence-corrected chi connectivity index (χ4v) is 0.519. The van der Waals surface area contributed by atoms with Crippen LogP contribution in [0.1, 0.15) is 0 Å². The largest absolute Gasteiger partial charge is 0.412 e. The molecule has 0 amide bonds. The van der Waals surface area contributed by atoms with Crippen molar-refractivity contribution in [3.8, 4) is 0 Å². The van der Waals surface area contributed by atoms with E-state index in [9.17, 15) is 0 Å². The quantitative estimate of drug-likeness (QED) is 0.575. The van der Waals surface area contributed by atoms with Crippen LogP contribution in [-0.4, -0.2) is 10.5 Å². The molecule has 8 heavy (non-hydrogen) atoms. The predicted octanol–water partition coefficient (Wildman–Crippen LogP) is 0.820. The zero-order valence-corrected chi connectivity index (χ0v) is 5.64. The number of halogens is 1. The third-order valence-electron chi connectivity index (χ3n) is 0.585. The molecule has 1 aromatic rings. The number of hydrogen-bond donors (Lipinski definition) is 0. The zero-order chi connectivity index (χ0) is 5.11. The molecule has 0 bridgehead atoms. The van der Waals surface area contributed by atoms with Crippen molar-refractivity contribution in [3.05, 3.63) is 29.0 Å². The fourth-order valence-electron chi connectivity index (χ4n) is 0.299. The molecule has 0 unspecified atom stereocenters. The van der Waals surface area contributed by atoms with Crippen molar-refractivity contribution in [1.82, 2.24) is 4.98 Å². The van der Waals surface area contributed by atoms with Crippen molar-refractivity contribution in [2.24, 2.45) is 0 Å². The molecule has 1 rings (SSSR count). The van der Waals surface area contributed by atoms with E-state index in [0.717, 1.165) is 4.47 Å². The lowest BCUT2D eigenvalue weighted by Gasteiger charge is -1.79. The van der Waals surface area contributed by atoms with Crippen molar-refractivity contribution in [1.29, 1.82) is 0 Å². The number of rotatable bonds is 0. The monoisotopic (exact) mass is 174 g/mol. The lowest BCUT2D eigenvalue weighted by molar-refractivity contribution is 0.824. The van der Waals surface area contributed by atoms with Gasteiger partial charge in [-0.2, -0.15) is 0 Å². The van der Waals surface area contributed by atoms with Crippen LogP contribution in [-0.2, 0) is 0 Å². The highest BCUT2D eigenvalue weighted by atomic mass is 79.9. The van der Waals surface area contributed by atoms with Crippen LogP contribution in [0.3, 0.4) is 0 Å². The van der Waals surface area contributed by atoms with Crippen LogP contribution in [0, 0.1) is 6.20 Å². The molecule has 0 atom stereocenters. The van der Waals surface area contributed by atoms with Gasteiger partial charge in [0.15, 0.2) is 0 Å². The maximum absolute atomic E-state index is 3.69. The Labute approximate surface area is 56.0 Å². The predicted molar refractivity (Wildman–Crippen MR) is 34.4 cm³/mol.